The fourth-order valence-electron chi connectivity index (χ4n) is 5.72. The van der Waals surface area contributed by atoms with Crippen molar-refractivity contribution in [2.75, 3.05) is 10.5 Å². The summed E-state index contributed by atoms with van der Waals surface area (Å²) in [5.41, 5.74) is 2.69. The van der Waals surface area contributed by atoms with Crippen LogP contribution < -0.4 is 4.72 Å². The molecule has 162 valence electrons. The van der Waals surface area contributed by atoms with E-state index >= 15 is 0 Å². The zero-order valence-electron chi connectivity index (χ0n) is 18.1. The first-order chi connectivity index (χ1) is 14.6. The molecule has 0 saturated heterocycles. The summed E-state index contributed by atoms with van der Waals surface area (Å²) in [5.74, 6) is 0.216. The number of Topliss-reactive ketones (excluding diaryl/α,β-unsaturated/α-hetero) is 1. The Labute approximate surface area is 182 Å². The lowest BCUT2D eigenvalue weighted by Crippen LogP contribution is -2.43. The van der Waals surface area contributed by atoms with E-state index in [-0.39, 0.29) is 22.9 Å². The molecule has 1 N–H and O–H groups in total. The Balaban J connectivity index is 1.49. The molecule has 31 heavy (non-hydrogen) atoms. The highest BCUT2D eigenvalue weighted by atomic mass is 32.2. The maximum atomic E-state index is 13.3. The van der Waals surface area contributed by atoms with E-state index in [0.29, 0.717) is 29.8 Å². The number of hydrogen-bond donors (Lipinski definition) is 1. The maximum absolute atomic E-state index is 13.3. The predicted molar refractivity (Wildman–Crippen MR) is 121 cm³/mol. The van der Waals surface area contributed by atoms with Gasteiger partial charge in [-0.3, -0.25) is 9.52 Å². The Morgan fingerprint density at radius 2 is 1.97 bits per heavy atom. The van der Waals surface area contributed by atoms with Crippen LogP contribution in [0.5, 0.6) is 0 Å². The second-order valence-electron chi connectivity index (χ2n) is 9.62. The molecule has 2 aliphatic rings. The molecule has 5 rings (SSSR count). The Morgan fingerprint density at radius 1 is 1.19 bits per heavy atom. The van der Waals surface area contributed by atoms with Gasteiger partial charge in [0.1, 0.15) is 11.4 Å². The van der Waals surface area contributed by atoms with Gasteiger partial charge in [-0.2, -0.15) is 0 Å². The van der Waals surface area contributed by atoms with Crippen molar-refractivity contribution in [1.82, 2.24) is 9.38 Å². The van der Waals surface area contributed by atoms with Crippen molar-refractivity contribution >= 4 is 27.1 Å². The Kier molecular flexibility index (Phi) is 4.35. The molecule has 2 heterocycles. The van der Waals surface area contributed by atoms with Crippen LogP contribution >= 0.6 is 0 Å². The third-order valence-electron chi connectivity index (χ3n) is 7.72. The van der Waals surface area contributed by atoms with E-state index in [1.807, 2.05) is 48.0 Å². The van der Waals surface area contributed by atoms with E-state index in [2.05, 4.69) is 18.6 Å². The molecule has 2 unspecified atom stereocenters. The van der Waals surface area contributed by atoms with Gasteiger partial charge in [-0.05, 0) is 48.8 Å². The summed E-state index contributed by atoms with van der Waals surface area (Å²) in [7, 11) is -3.74. The van der Waals surface area contributed by atoms with E-state index in [9.17, 15) is 13.2 Å². The average molecular weight is 438 g/mol. The number of fused-ring (bicyclic) bond motifs is 3. The fraction of sp³-hybridized carbons (Fsp3) is 0.417. The third kappa shape index (κ3) is 3.01. The first-order valence-corrected chi connectivity index (χ1v) is 12.4. The highest BCUT2D eigenvalue weighted by molar-refractivity contribution is 7.92. The van der Waals surface area contributed by atoms with Crippen molar-refractivity contribution in [3.05, 3.63) is 54.4 Å². The second-order valence-corrected chi connectivity index (χ2v) is 11.3. The van der Waals surface area contributed by atoms with E-state index in [1.54, 1.807) is 12.1 Å². The van der Waals surface area contributed by atoms with Gasteiger partial charge in [0.2, 0.25) is 10.0 Å². The predicted octanol–water partition coefficient (Wildman–Crippen LogP) is 4.45. The molecular formula is C24H27N3O3S. The molecule has 2 atom stereocenters. The first kappa shape index (κ1) is 20.2. The zero-order valence-corrected chi connectivity index (χ0v) is 18.9. The van der Waals surface area contributed by atoms with Crippen LogP contribution in [0.25, 0.3) is 16.9 Å². The number of carbonyl (C=O) groups is 1. The second kappa shape index (κ2) is 6.66. The van der Waals surface area contributed by atoms with Crippen molar-refractivity contribution in [2.45, 2.75) is 40.0 Å². The lowest BCUT2D eigenvalue weighted by Gasteiger charge is -2.36. The van der Waals surface area contributed by atoms with Gasteiger partial charge in [0.05, 0.1) is 22.5 Å². The van der Waals surface area contributed by atoms with Crippen LogP contribution in [-0.4, -0.2) is 29.3 Å². The minimum Gasteiger partial charge on any atom is -0.306 e. The molecule has 0 aliphatic heterocycles. The summed E-state index contributed by atoms with van der Waals surface area (Å²) in [6, 6.07) is 11.2. The number of nitrogens with one attached hydrogen (secondary N) is 1. The van der Waals surface area contributed by atoms with Crippen molar-refractivity contribution in [3.8, 4) is 11.3 Å². The number of ketones is 1. The number of rotatable bonds is 5. The maximum Gasteiger partial charge on any atom is 0.233 e. The number of anilines is 1. The minimum absolute atomic E-state index is 0.100. The molecule has 2 aromatic heterocycles. The van der Waals surface area contributed by atoms with Gasteiger partial charge in [-0.25, -0.2) is 13.4 Å². The number of imidazole rings is 1. The Morgan fingerprint density at radius 3 is 2.65 bits per heavy atom. The van der Waals surface area contributed by atoms with Crippen molar-refractivity contribution < 1.29 is 13.2 Å². The summed E-state index contributed by atoms with van der Waals surface area (Å²) in [6.07, 6.45) is 5.90. The van der Waals surface area contributed by atoms with Crippen LogP contribution in [-0.2, 0) is 14.8 Å². The van der Waals surface area contributed by atoms with Crippen LogP contribution in [0, 0.1) is 23.7 Å². The van der Waals surface area contributed by atoms with Gasteiger partial charge in [0, 0.05) is 24.4 Å². The third-order valence-corrected chi connectivity index (χ3v) is 9.13. The number of hydrogen-bond acceptors (Lipinski definition) is 4. The zero-order chi connectivity index (χ0) is 22.0. The highest BCUT2D eigenvalue weighted by Gasteiger charge is 2.65. The monoisotopic (exact) mass is 437 g/mol. The normalized spacial score (nSPS) is 24.7. The van der Waals surface area contributed by atoms with Crippen LogP contribution in [0.1, 0.15) is 38.7 Å². The molecular weight excluding hydrogens is 410 g/mol. The van der Waals surface area contributed by atoms with Crippen LogP contribution in [0.4, 0.5) is 5.69 Å². The number of benzene rings is 1. The smallest absolute Gasteiger partial charge is 0.233 e. The topological polar surface area (TPSA) is 80.5 Å². The standard InChI is InChI=1S/C24H27N3O3S/c1-16-7-6-12-27-14-20(25-22(16)27)18-8-4-5-9-19(18)26-31(29,30)15-24-11-10-17(13-21(24)28)23(24,2)3/h4-9,12,14,17,26H,10-11,13,15H2,1-3H3. The molecule has 0 radical (unpaired) electrons. The minimum atomic E-state index is -3.74. The summed E-state index contributed by atoms with van der Waals surface area (Å²) in [6.45, 7) is 6.10. The van der Waals surface area contributed by atoms with E-state index < -0.39 is 15.4 Å². The molecule has 2 saturated carbocycles. The van der Waals surface area contributed by atoms with Gasteiger partial charge in [0.15, 0.2) is 0 Å². The lowest BCUT2D eigenvalue weighted by atomic mass is 9.70. The summed E-state index contributed by atoms with van der Waals surface area (Å²) in [5, 5.41) is 0. The molecule has 6 nitrogen and oxygen atoms in total. The van der Waals surface area contributed by atoms with Gasteiger partial charge >= 0.3 is 0 Å². The van der Waals surface area contributed by atoms with Crippen molar-refractivity contribution in [1.29, 1.82) is 0 Å². The molecule has 2 bridgehead atoms. The summed E-state index contributed by atoms with van der Waals surface area (Å²) < 4.78 is 31.3. The van der Waals surface area contributed by atoms with E-state index in [0.717, 1.165) is 17.6 Å². The Hall–Kier alpha value is -2.67. The van der Waals surface area contributed by atoms with Gasteiger partial charge in [-0.1, -0.05) is 38.1 Å². The summed E-state index contributed by atoms with van der Waals surface area (Å²) >= 11 is 0. The quantitative estimate of drug-likeness (QED) is 0.640. The van der Waals surface area contributed by atoms with Crippen LogP contribution in [0.15, 0.2) is 48.8 Å². The molecule has 7 heteroatoms. The van der Waals surface area contributed by atoms with E-state index in [1.165, 1.54) is 0 Å². The molecule has 3 aromatic rings. The fourth-order valence-corrected chi connectivity index (χ4v) is 7.63. The SMILES string of the molecule is Cc1cccn2cc(-c3ccccc3NS(=O)(=O)CC34CCC(CC3=O)C4(C)C)nc12. The van der Waals surface area contributed by atoms with Gasteiger partial charge in [-0.15, -0.1) is 0 Å². The molecule has 2 fully saturated rings. The number of aryl methyl sites for hydroxylation is 1. The molecule has 2 aliphatic carbocycles. The van der Waals surface area contributed by atoms with Crippen LogP contribution in [0.3, 0.4) is 0 Å². The Bertz CT molecular complexity index is 1310. The van der Waals surface area contributed by atoms with Crippen molar-refractivity contribution in [2.24, 2.45) is 16.7 Å². The molecule has 0 amide bonds. The van der Waals surface area contributed by atoms with E-state index in [4.69, 9.17) is 4.98 Å². The lowest BCUT2D eigenvalue weighted by molar-refractivity contribution is -0.128. The van der Waals surface area contributed by atoms with Crippen LogP contribution in [0.2, 0.25) is 0 Å². The number of pyridine rings is 1. The molecule has 0 spiro atoms. The van der Waals surface area contributed by atoms with Crippen molar-refractivity contribution in [3.63, 3.8) is 0 Å². The van der Waals surface area contributed by atoms with Gasteiger partial charge in [0.25, 0.3) is 0 Å². The number of para-hydroxylation sites is 1. The average Bonchev–Trinajstić information content (AvgIpc) is 3.29. The first-order valence-electron chi connectivity index (χ1n) is 10.7. The van der Waals surface area contributed by atoms with Gasteiger partial charge < -0.3 is 4.40 Å². The highest BCUT2D eigenvalue weighted by Crippen LogP contribution is 2.64. The number of aromatic nitrogens is 2. The number of nitrogens with zero attached hydrogens (tertiary/aromatic N) is 2. The number of carbonyl (C=O) groups excluding carboxylic acids is 1. The summed E-state index contributed by atoms with van der Waals surface area (Å²) in [4.78, 5) is 17.5. The number of sulfonamides is 1. The largest absolute Gasteiger partial charge is 0.306 e. The molecule has 1 aromatic carbocycles.